The van der Waals surface area contributed by atoms with Crippen LogP contribution in [0, 0.1) is 6.92 Å². The zero-order valence-corrected chi connectivity index (χ0v) is 11.2. The van der Waals surface area contributed by atoms with E-state index < -0.39 is 0 Å². The largest absolute Gasteiger partial charge is 0.330 e. The van der Waals surface area contributed by atoms with Crippen LogP contribution in [0.1, 0.15) is 5.56 Å². The van der Waals surface area contributed by atoms with Gasteiger partial charge in [0.2, 0.25) is 5.13 Å². The van der Waals surface area contributed by atoms with Crippen LogP contribution in [-0.4, -0.2) is 16.5 Å². The Morgan fingerprint density at radius 3 is 2.81 bits per heavy atom. The van der Waals surface area contributed by atoms with Crippen molar-refractivity contribution in [3.8, 4) is 0 Å². The van der Waals surface area contributed by atoms with Gasteiger partial charge in [0, 0.05) is 10.7 Å². The first-order chi connectivity index (χ1) is 7.69. The number of anilines is 2. The first-order valence-electron chi connectivity index (χ1n) is 4.59. The van der Waals surface area contributed by atoms with Gasteiger partial charge in [-0.05, 0) is 30.9 Å². The molecule has 6 heteroatoms. The lowest BCUT2D eigenvalue weighted by Crippen LogP contribution is -1.89. The van der Waals surface area contributed by atoms with Gasteiger partial charge < -0.3 is 5.32 Å². The SMILES string of the molecule is CSc1nnc(Nc2ccc(C)c(Cl)c2)s1. The number of nitrogens with zero attached hydrogens (tertiary/aromatic N) is 2. The van der Waals surface area contributed by atoms with Crippen LogP contribution in [0.25, 0.3) is 0 Å². The molecule has 0 aliphatic carbocycles. The summed E-state index contributed by atoms with van der Waals surface area (Å²) in [5.74, 6) is 0. The van der Waals surface area contributed by atoms with E-state index in [1.54, 1.807) is 11.8 Å². The lowest BCUT2D eigenvalue weighted by molar-refractivity contribution is 1.02. The summed E-state index contributed by atoms with van der Waals surface area (Å²) in [4.78, 5) is 0. The molecular weight excluding hydrogens is 262 g/mol. The van der Waals surface area contributed by atoms with Crippen LogP contribution in [0.15, 0.2) is 22.5 Å². The van der Waals surface area contributed by atoms with Crippen molar-refractivity contribution >= 4 is 45.5 Å². The fraction of sp³-hybridized carbons (Fsp3) is 0.200. The third kappa shape index (κ3) is 2.66. The Bertz CT molecular complexity index is 499. The van der Waals surface area contributed by atoms with Gasteiger partial charge in [0.25, 0.3) is 0 Å². The van der Waals surface area contributed by atoms with Crippen molar-refractivity contribution in [2.24, 2.45) is 0 Å². The van der Waals surface area contributed by atoms with Gasteiger partial charge in [-0.2, -0.15) is 0 Å². The molecule has 0 spiro atoms. The Morgan fingerprint density at radius 2 is 2.19 bits per heavy atom. The number of hydrogen-bond acceptors (Lipinski definition) is 5. The molecule has 0 atom stereocenters. The van der Waals surface area contributed by atoms with Crippen LogP contribution in [0.3, 0.4) is 0 Å². The van der Waals surface area contributed by atoms with Crippen LogP contribution in [0.5, 0.6) is 0 Å². The second kappa shape index (κ2) is 5.03. The Morgan fingerprint density at radius 1 is 1.38 bits per heavy atom. The summed E-state index contributed by atoms with van der Waals surface area (Å²) >= 11 is 9.14. The zero-order valence-electron chi connectivity index (χ0n) is 8.82. The molecule has 0 amide bonds. The van der Waals surface area contributed by atoms with E-state index in [2.05, 4.69) is 15.5 Å². The number of nitrogens with one attached hydrogen (secondary N) is 1. The van der Waals surface area contributed by atoms with Gasteiger partial charge in [-0.3, -0.25) is 0 Å². The van der Waals surface area contributed by atoms with E-state index >= 15 is 0 Å². The number of hydrogen-bond donors (Lipinski definition) is 1. The molecule has 0 aliphatic rings. The third-order valence-electron chi connectivity index (χ3n) is 2.00. The molecule has 1 N–H and O–H groups in total. The topological polar surface area (TPSA) is 37.8 Å². The molecule has 0 bridgehead atoms. The molecule has 1 aromatic carbocycles. The lowest BCUT2D eigenvalue weighted by atomic mass is 10.2. The number of benzene rings is 1. The van der Waals surface area contributed by atoms with E-state index in [0.717, 1.165) is 25.7 Å². The Balaban J connectivity index is 2.17. The number of rotatable bonds is 3. The summed E-state index contributed by atoms with van der Waals surface area (Å²) in [7, 11) is 0. The van der Waals surface area contributed by atoms with E-state index in [1.807, 2.05) is 31.4 Å². The van der Waals surface area contributed by atoms with E-state index in [9.17, 15) is 0 Å². The minimum atomic E-state index is 0.750. The van der Waals surface area contributed by atoms with E-state index in [0.29, 0.717) is 0 Å². The van der Waals surface area contributed by atoms with E-state index in [1.165, 1.54) is 11.3 Å². The molecule has 0 saturated heterocycles. The van der Waals surface area contributed by atoms with Gasteiger partial charge in [0.05, 0.1) is 0 Å². The van der Waals surface area contributed by atoms with Crippen molar-refractivity contribution in [1.29, 1.82) is 0 Å². The minimum absolute atomic E-state index is 0.750. The van der Waals surface area contributed by atoms with Crippen molar-refractivity contribution in [1.82, 2.24) is 10.2 Å². The number of aryl methyl sites for hydroxylation is 1. The summed E-state index contributed by atoms with van der Waals surface area (Å²) < 4.78 is 0.945. The molecule has 16 heavy (non-hydrogen) atoms. The van der Waals surface area contributed by atoms with Crippen molar-refractivity contribution in [2.45, 2.75) is 11.3 Å². The van der Waals surface area contributed by atoms with Gasteiger partial charge in [-0.1, -0.05) is 40.8 Å². The summed E-state index contributed by atoms with van der Waals surface area (Å²) in [6.07, 6.45) is 1.98. The Labute approximate surface area is 107 Å². The summed E-state index contributed by atoms with van der Waals surface area (Å²) in [6.45, 7) is 1.98. The lowest BCUT2D eigenvalue weighted by Gasteiger charge is -2.03. The molecule has 2 aromatic rings. The van der Waals surface area contributed by atoms with Crippen LogP contribution in [-0.2, 0) is 0 Å². The highest BCUT2D eigenvalue weighted by molar-refractivity contribution is 8.00. The van der Waals surface area contributed by atoms with Gasteiger partial charge in [-0.25, -0.2) is 0 Å². The van der Waals surface area contributed by atoms with E-state index in [-0.39, 0.29) is 0 Å². The number of thioether (sulfide) groups is 1. The van der Waals surface area contributed by atoms with Crippen LogP contribution < -0.4 is 5.32 Å². The fourth-order valence-electron chi connectivity index (χ4n) is 1.14. The maximum atomic E-state index is 6.04. The Kier molecular flexibility index (Phi) is 3.68. The highest BCUT2D eigenvalue weighted by atomic mass is 35.5. The maximum Gasteiger partial charge on any atom is 0.210 e. The molecule has 0 aliphatic heterocycles. The predicted octanol–water partition coefficient (Wildman–Crippen LogP) is 3.97. The van der Waals surface area contributed by atoms with Gasteiger partial charge in [0.15, 0.2) is 4.34 Å². The van der Waals surface area contributed by atoms with Crippen molar-refractivity contribution in [3.05, 3.63) is 28.8 Å². The van der Waals surface area contributed by atoms with Crippen LogP contribution in [0.4, 0.5) is 10.8 Å². The highest BCUT2D eigenvalue weighted by Crippen LogP contribution is 2.27. The molecule has 0 radical (unpaired) electrons. The monoisotopic (exact) mass is 271 g/mol. The predicted molar refractivity (Wildman–Crippen MR) is 71.2 cm³/mol. The fourth-order valence-corrected chi connectivity index (χ4v) is 2.51. The average molecular weight is 272 g/mol. The first kappa shape index (κ1) is 11.7. The summed E-state index contributed by atoms with van der Waals surface area (Å²) in [5.41, 5.74) is 1.99. The molecule has 3 nitrogen and oxygen atoms in total. The van der Waals surface area contributed by atoms with Crippen LogP contribution in [0.2, 0.25) is 5.02 Å². The second-order valence-electron chi connectivity index (χ2n) is 3.17. The summed E-state index contributed by atoms with van der Waals surface area (Å²) in [6, 6.07) is 5.83. The quantitative estimate of drug-likeness (QED) is 0.858. The standard InChI is InChI=1S/C10H10ClN3S2/c1-6-3-4-7(5-8(6)11)12-9-13-14-10(15-2)16-9/h3-5H,1-2H3,(H,12,13). The second-order valence-corrected chi connectivity index (χ2v) is 5.60. The van der Waals surface area contributed by atoms with Crippen molar-refractivity contribution in [3.63, 3.8) is 0 Å². The highest BCUT2D eigenvalue weighted by Gasteiger charge is 2.04. The smallest absolute Gasteiger partial charge is 0.210 e. The number of halogens is 1. The summed E-state index contributed by atoms with van der Waals surface area (Å²) in [5, 5.41) is 12.7. The maximum absolute atomic E-state index is 6.04. The van der Waals surface area contributed by atoms with E-state index in [4.69, 9.17) is 11.6 Å². The molecule has 84 valence electrons. The average Bonchev–Trinajstić information content (AvgIpc) is 2.71. The zero-order chi connectivity index (χ0) is 11.5. The van der Waals surface area contributed by atoms with Gasteiger partial charge in [-0.15, -0.1) is 10.2 Å². The van der Waals surface area contributed by atoms with Crippen LogP contribution >= 0.6 is 34.7 Å². The molecule has 2 rings (SSSR count). The molecule has 0 fully saturated rings. The van der Waals surface area contributed by atoms with Crippen molar-refractivity contribution < 1.29 is 0 Å². The normalized spacial score (nSPS) is 10.4. The molecule has 1 aromatic heterocycles. The number of aromatic nitrogens is 2. The Hall–Kier alpha value is -0.780. The molecule has 0 unspecified atom stereocenters. The van der Waals surface area contributed by atoms with Gasteiger partial charge >= 0.3 is 0 Å². The van der Waals surface area contributed by atoms with Gasteiger partial charge in [0.1, 0.15) is 0 Å². The molecule has 1 heterocycles. The third-order valence-corrected chi connectivity index (χ3v) is 4.23. The van der Waals surface area contributed by atoms with Crippen molar-refractivity contribution in [2.75, 3.05) is 11.6 Å². The molecular formula is C10H10ClN3S2. The minimum Gasteiger partial charge on any atom is -0.330 e. The first-order valence-corrected chi connectivity index (χ1v) is 7.01. The molecule has 0 saturated carbocycles.